The first-order valence-electron chi connectivity index (χ1n) is 10.2. The van der Waals surface area contributed by atoms with Gasteiger partial charge in [-0.15, -0.1) is 11.3 Å². The van der Waals surface area contributed by atoms with Crippen molar-refractivity contribution >= 4 is 56.8 Å². The number of amides is 1. The Hall–Kier alpha value is -4.08. The molecule has 0 saturated carbocycles. The molecule has 1 fully saturated rings. The standard InChI is InChI=1S/C25H16N4O3S2/c30-23-22(15-17-11-13-20(14-12-17)29(31)32)34-25(28(23)19-9-5-2-6-10-19)27-24-26-21(16-33-24)18-7-3-1-4-8-18/h1-16H/b22-15-,27-25+. The van der Waals surface area contributed by atoms with Crippen LogP contribution in [-0.2, 0) is 4.79 Å². The Morgan fingerprint density at radius 1 is 0.941 bits per heavy atom. The third-order valence-corrected chi connectivity index (χ3v) is 6.68. The number of hydrogen-bond donors (Lipinski definition) is 0. The molecule has 34 heavy (non-hydrogen) atoms. The maximum absolute atomic E-state index is 13.3. The smallest absolute Gasteiger partial charge is 0.268 e. The molecule has 0 bridgehead atoms. The first kappa shape index (κ1) is 21.7. The summed E-state index contributed by atoms with van der Waals surface area (Å²) in [7, 11) is 0. The number of thioether (sulfide) groups is 1. The van der Waals surface area contributed by atoms with Crippen LogP contribution in [0.5, 0.6) is 0 Å². The molecule has 1 saturated heterocycles. The molecule has 166 valence electrons. The van der Waals surface area contributed by atoms with Gasteiger partial charge in [-0.1, -0.05) is 48.5 Å². The van der Waals surface area contributed by atoms with Crippen molar-refractivity contribution < 1.29 is 9.72 Å². The Labute approximate surface area is 203 Å². The molecule has 1 aromatic heterocycles. The molecule has 0 N–H and O–H groups in total. The van der Waals surface area contributed by atoms with Crippen LogP contribution in [0.15, 0.2) is 100 Å². The number of aliphatic imine (C=N–C) groups is 1. The van der Waals surface area contributed by atoms with Gasteiger partial charge in [0.2, 0.25) is 5.13 Å². The third kappa shape index (κ3) is 4.52. The van der Waals surface area contributed by atoms with Gasteiger partial charge in [0.1, 0.15) is 0 Å². The van der Waals surface area contributed by atoms with Crippen LogP contribution in [-0.4, -0.2) is 21.0 Å². The van der Waals surface area contributed by atoms with E-state index in [9.17, 15) is 14.9 Å². The molecule has 0 atom stereocenters. The molecule has 3 aromatic carbocycles. The van der Waals surface area contributed by atoms with Crippen molar-refractivity contribution in [3.63, 3.8) is 0 Å². The van der Waals surface area contributed by atoms with Crippen LogP contribution in [0.4, 0.5) is 16.5 Å². The lowest BCUT2D eigenvalue weighted by Gasteiger charge is -2.14. The van der Waals surface area contributed by atoms with E-state index in [1.54, 1.807) is 23.1 Å². The van der Waals surface area contributed by atoms with Gasteiger partial charge in [0.25, 0.3) is 11.6 Å². The van der Waals surface area contributed by atoms with Gasteiger partial charge in [0.05, 0.1) is 21.2 Å². The zero-order valence-corrected chi connectivity index (χ0v) is 19.2. The first-order chi connectivity index (χ1) is 16.6. The van der Waals surface area contributed by atoms with Crippen molar-refractivity contribution in [1.29, 1.82) is 0 Å². The summed E-state index contributed by atoms with van der Waals surface area (Å²) in [6.07, 6.45) is 1.71. The maximum atomic E-state index is 13.3. The van der Waals surface area contributed by atoms with E-state index in [0.717, 1.165) is 11.3 Å². The van der Waals surface area contributed by atoms with Gasteiger partial charge in [-0.05, 0) is 47.7 Å². The molecule has 0 spiro atoms. The minimum atomic E-state index is -0.452. The van der Waals surface area contributed by atoms with E-state index >= 15 is 0 Å². The Kier molecular flexibility index (Phi) is 6.03. The predicted molar refractivity (Wildman–Crippen MR) is 137 cm³/mol. The summed E-state index contributed by atoms with van der Waals surface area (Å²) >= 11 is 2.65. The molecule has 4 aromatic rings. The number of nitro groups is 1. The fourth-order valence-corrected chi connectivity index (χ4v) is 5.07. The Morgan fingerprint density at radius 3 is 2.29 bits per heavy atom. The number of carbonyl (C=O) groups excluding carboxylic acids is 1. The van der Waals surface area contributed by atoms with Crippen molar-refractivity contribution in [3.05, 3.63) is 111 Å². The minimum absolute atomic E-state index is 0.00120. The monoisotopic (exact) mass is 484 g/mol. The summed E-state index contributed by atoms with van der Waals surface area (Å²) in [5.74, 6) is -0.215. The molecule has 7 nitrogen and oxygen atoms in total. The second-order valence-electron chi connectivity index (χ2n) is 7.21. The van der Waals surface area contributed by atoms with Crippen LogP contribution >= 0.6 is 23.1 Å². The van der Waals surface area contributed by atoms with E-state index in [1.807, 2.05) is 66.0 Å². The topological polar surface area (TPSA) is 88.7 Å². The lowest BCUT2D eigenvalue weighted by Crippen LogP contribution is -2.28. The van der Waals surface area contributed by atoms with Gasteiger partial charge in [-0.3, -0.25) is 19.8 Å². The summed E-state index contributed by atoms with van der Waals surface area (Å²) in [6.45, 7) is 0. The summed E-state index contributed by atoms with van der Waals surface area (Å²) in [6, 6.07) is 25.2. The maximum Gasteiger partial charge on any atom is 0.271 e. The first-order valence-corrected chi connectivity index (χ1v) is 11.9. The van der Waals surface area contributed by atoms with Crippen LogP contribution in [0.2, 0.25) is 0 Å². The average molecular weight is 485 g/mol. The van der Waals surface area contributed by atoms with Crippen LogP contribution in [0, 0.1) is 10.1 Å². The van der Waals surface area contributed by atoms with Crippen molar-refractivity contribution in [2.24, 2.45) is 4.99 Å². The fraction of sp³-hybridized carbons (Fsp3) is 0. The van der Waals surface area contributed by atoms with E-state index in [0.29, 0.717) is 26.5 Å². The van der Waals surface area contributed by atoms with Crippen LogP contribution < -0.4 is 4.90 Å². The van der Waals surface area contributed by atoms with E-state index in [1.165, 1.54) is 35.2 Å². The number of rotatable bonds is 5. The highest BCUT2D eigenvalue weighted by atomic mass is 32.2. The summed E-state index contributed by atoms with van der Waals surface area (Å²) < 4.78 is 0. The second-order valence-corrected chi connectivity index (χ2v) is 9.06. The van der Waals surface area contributed by atoms with Gasteiger partial charge in [-0.25, -0.2) is 4.98 Å². The normalized spacial score (nSPS) is 15.9. The van der Waals surface area contributed by atoms with Gasteiger partial charge < -0.3 is 0 Å². The minimum Gasteiger partial charge on any atom is -0.268 e. The van der Waals surface area contributed by atoms with Gasteiger partial charge in [0, 0.05) is 23.1 Å². The highest BCUT2D eigenvalue weighted by molar-refractivity contribution is 8.19. The number of hydrogen-bond acceptors (Lipinski definition) is 7. The van der Waals surface area contributed by atoms with E-state index in [-0.39, 0.29) is 11.6 Å². The van der Waals surface area contributed by atoms with Crippen molar-refractivity contribution in [1.82, 2.24) is 4.98 Å². The van der Waals surface area contributed by atoms with Crippen LogP contribution in [0.3, 0.4) is 0 Å². The lowest BCUT2D eigenvalue weighted by atomic mass is 10.2. The molecule has 1 aliphatic heterocycles. The third-order valence-electron chi connectivity index (χ3n) is 4.98. The number of anilines is 1. The molecular formula is C25H16N4O3S2. The molecule has 1 aliphatic rings. The Balaban J connectivity index is 1.50. The van der Waals surface area contributed by atoms with E-state index in [4.69, 9.17) is 4.99 Å². The summed E-state index contributed by atoms with van der Waals surface area (Å²) in [5.41, 5.74) is 3.21. The van der Waals surface area contributed by atoms with Gasteiger partial charge >= 0.3 is 0 Å². The molecule has 0 radical (unpaired) electrons. The number of benzene rings is 3. The van der Waals surface area contributed by atoms with Gasteiger partial charge in [-0.2, -0.15) is 4.99 Å². The highest BCUT2D eigenvalue weighted by Gasteiger charge is 2.35. The SMILES string of the molecule is O=C1/C(=C/c2ccc([N+](=O)[O-])cc2)S/C(=N/c2nc(-c3ccccc3)cs2)N1c1ccccc1. The number of thiazole rings is 1. The number of non-ortho nitro benzene ring substituents is 1. The van der Waals surface area contributed by atoms with Crippen molar-refractivity contribution in [3.8, 4) is 11.3 Å². The number of nitro benzene ring substituents is 1. The number of amidine groups is 1. The van der Waals surface area contributed by atoms with Crippen LogP contribution in [0.25, 0.3) is 17.3 Å². The largest absolute Gasteiger partial charge is 0.271 e. The van der Waals surface area contributed by atoms with Gasteiger partial charge in [0.15, 0.2) is 5.17 Å². The zero-order valence-electron chi connectivity index (χ0n) is 17.6. The molecule has 2 heterocycles. The highest BCUT2D eigenvalue weighted by Crippen LogP contribution is 2.38. The zero-order chi connectivity index (χ0) is 23.5. The molecule has 9 heteroatoms. The number of nitrogens with zero attached hydrogens (tertiary/aromatic N) is 4. The molecule has 1 amide bonds. The number of aromatic nitrogens is 1. The van der Waals surface area contributed by atoms with Crippen molar-refractivity contribution in [2.45, 2.75) is 0 Å². The molecule has 0 aliphatic carbocycles. The summed E-state index contributed by atoms with van der Waals surface area (Å²) in [5, 5.41) is 13.9. The molecule has 5 rings (SSSR count). The van der Waals surface area contributed by atoms with E-state index in [2.05, 4.69) is 4.98 Å². The van der Waals surface area contributed by atoms with Crippen LogP contribution in [0.1, 0.15) is 5.56 Å². The number of para-hydroxylation sites is 1. The Bertz CT molecular complexity index is 1420. The fourth-order valence-electron chi connectivity index (χ4n) is 3.34. The predicted octanol–water partition coefficient (Wildman–Crippen LogP) is 6.53. The summed E-state index contributed by atoms with van der Waals surface area (Å²) in [4.78, 5) is 35.2. The Morgan fingerprint density at radius 2 is 1.62 bits per heavy atom. The average Bonchev–Trinajstić information content (AvgIpc) is 3.45. The lowest BCUT2D eigenvalue weighted by molar-refractivity contribution is -0.384. The van der Waals surface area contributed by atoms with E-state index < -0.39 is 4.92 Å². The second kappa shape index (κ2) is 9.42. The molecular weight excluding hydrogens is 468 g/mol. The molecule has 0 unspecified atom stereocenters. The van der Waals surface area contributed by atoms with Crippen molar-refractivity contribution in [2.75, 3.05) is 4.90 Å². The number of carbonyl (C=O) groups is 1. The quantitative estimate of drug-likeness (QED) is 0.183.